The first-order valence-electron chi connectivity index (χ1n) is 8.71. The molecule has 2 rings (SSSR count). The summed E-state index contributed by atoms with van der Waals surface area (Å²) in [6, 6.07) is -1.54. The smallest absolute Gasteiger partial charge is 0.397 e. The monoisotopic (exact) mass is 477 g/mol. The maximum Gasteiger partial charge on any atom is 0.397 e. The van der Waals surface area contributed by atoms with Crippen molar-refractivity contribution in [2.75, 3.05) is 6.61 Å². The maximum absolute atomic E-state index is 11.5. The van der Waals surface area contributed by atoms with Gasteiger partial charge in [0, 0.05) is 6.92 Å². The van der Waals surface area contributed by atoms with E-state index < -0.39 is 90.2 Å². The van der Waals surface area contributed by atoms with Crippen LogP contribution in [0, 0.1) is 0 Å². The number of aliphatic hydroxyl groups is 5. The van der Waals surface area contributed by atoms with E-state index in [0.717, 1.165) is 6.92 Å². The van der Waals surface area contributed by atoms with E-state index in [1.165, 1.54) is 0 Å². The Morgan fingerprint density at radius 2 is 1.61 bits per heavy atom. The molecule has 0 radical (unpaired) electrons. The normalized spacial score (nSPS) is 41.5. The van der Waals surface area contributed by atoms with Crippen LogP contribution in [0.4, 0.5) is 0 Å². The number of hydrogen-bond donors (Lipinski definition) is 8. The molecular formula is C14H23NO15S. The minimum Gasteiger partial charge on any atom is -0.479 e. The van der Waals surface area contributed by atoms with Gasteiger partial charge in [-0.3, -0.25) is 9.35 Å². The highest BCUT2D eigenvalue weighted by atomic mass is 32.3. The summed E-state index contributed by atoms with van der Waals surface area (Å²) in [4.78, 5) is 22.7. The Morgan fingerprint density at radius 1 is 1.00 bits per heavy atom. The van der Waals surface area contributed by atoms with E-state index in [9.17, 15) is 43.5 Å². The van der Waals surface area contributed by atoms with Crippen molar-refractivity contribution in [2.24, 2.45) is 0 Å². The third kappa shape index (κ3) is 6.26. The fourth-order valence-corrected chi connectivity index (χ4v) is 3.40. The minimum atomic E-state index is -4.95. The quantitative estimate of drug-likeness (QED) is 0.159. The molecule has 0 aromatic heterocycles. The molecule has 0 aliphatic carbocycles. The molecule has 2 aliphatic heterocycles. The molecule has 2 fully saturated rings. The largest absolute Gasteiger partial charge is 0.479 e. The van der Waals surface area contributed by atoms with Crippen molar-refractivity contribution in [1.82, 2.24) is 5.32 Å². The average Bonchev–Trinajstić information content (AvgIpc) is 2.64. The first-order valence-corrected chi connectivity index (χ1v) is 10.1. The zero-order valence-corrected chi connectivity index (χ0v) is 16.6. The second kappa shape index (κ2) is 9.96. The third-order valence-corrected chi connectivity index (χ3v) is 4.98. The maximum atomic E-state index is 11.5. The van der Waals surface area contributed by atoms with Crippen LogP contribution in [-0.4, -0.2) is 123 Å². The number of carboxylic acid groups (broad SMARTS) is 1. The summed E-state index contributed by atoms with van der Waals surface area (Å²) in [6.45, 7) is 0.0348. The van der Waals surface area contributed by atoms with Crippen LogP contribution in [-0.2, 0) is 38.4 Å². The van der Waals surface area contributed by atoms with Crippen LogP contribution in [0.5, 0.6) is 0 Å². The molecule has 0 spiro atoms. The van der Waals surface area contributed by atoms with Gasteiger partial charge in [0.2, 0.25) is 5.91 Å². The number of aliphatic hydroxyl groups excluding tert-OH is 5. The van der Waals surface area contributed by atoms with Gasteiger partial charge in [0.15, 0.2) is 18.7 Å². The Morgan fingerprint density at radius 3 is 2.13 bits per heavy atom. The molecule has 10 atom stereocenters. The summed E-state index contributed by atoms with van der Waals surface area (Å²) in [5.74, 6) is -2.44. The van der Waals surface area contributed by atoms with Gasteiger partial charge in [-0.2, -0.15) is 8.42 Å². The average molecular weight is 477 g/mol. The number of carboxylic acids is 1. The Hall–Kier alpha value is -1.51. The second-order valence-corrected chi connectivity index (χ2v) is 7.92. The zero-order valence-electron chi connectivity index (χ0n) is 15.8. The van der Waals surface area contributed by atoms with Crippen LogP contribution < -0.4 is 5.32 Å². The van der Waals surface area contributed by atoms with E-state index in [2.05, 4.69) is 9.50 Å². The molecule has 17 heteroatoms. The summed E-state index contributed by atoms with van der Waals surface area (Å²) < 4.78 is 49.5. The highest BCUT2D eigenvalue weighted by molar-refractivity contribution is 7.80. The lowest BCUT2D eigenvalue weighted by atomic mass is 9.95. The van der Waals surface area contributed by atoms with E-state index in [1.807, 2.05) is 0 Å². The number of carbonyl (C=O) groups excluding carboxylic acids is 1. The van der Waals surface area contributed by atoms with Crippen molar-refractivity contribution in [2.45, 2.75) is 68.3 Å². The Kier molecular flexibility index (Phi) is 8.27. The number of carbonyl (C=O) groups is 2. The molecule has 0 aromatic rings. The third-order valence-electron chi connectivity index (χ3n) is 4.55. The Balaban J connectivity index is 2.27. The van der Waals surface area contributed by atoms with E-state index in [-0.39, 0.29) is 0 Å². The SMILES string of the molecule is CC(=O)N[C@H]1C(O)O[C@H](COS(=O)(=O)O)[C@@H](O)[C@@H]1O[C@@H]1O[C@H](C(=O)O)[C@@H](O)[C@H](O)[C@H]1O. The Bertz CT molecular complexity index is 761. The van der Waals surface area contributed by atoms with Gasteiger partial charge >= 0.3 is 16.4 Å². The van der Waals surface area contributed by atoms with Crippen LogP contribution in [0.25, 0.3) is 0 Å². The van der Waals surface area contributed by atoms with Gasteiger partial charge in [0.1, 0.15) is 42.7 Å². The number of rotatable bonds is 7. The van der Waals surface area contributed by atoms with Crippen LogP contribution in [0.1, 0.15) is 6.92 Å². The number of hydrogen-bond acceptors (Lipinski definition) is 13. The summed E-state index contributed by atoms with van der Waals surface area (Å²) in [5.41, 5.74) is 0. The molecule has 2 saturated heterocycles. The van der Waals surface area contributed by atoms with Crippen LogP contribution in [0.3, 0.4) is 0 Å². The molecule has 1 unspecified atom stereocenters. The number of amides is 1. The van der Waals surface area contributed by atoms with Crippen molar-refractivity contribution >= 4 is 22.3 Å². The number of nitrogens with one attached hydrogen (secondary N) is 1. The van der Waals surface area contributed by atoms with E-state index in [4.69, 9.17) is 23.9 Å². The van der Waals surface area contributed by atoms with Crippen LogP contribution in [0.15, 0.2) is 0 Å². The predicted octanol–water partition coefficient (Wildman–Crippen LogP) is -5.33. The van der Waals surface area contributed by atoms with Gasteiger partial charge in [-0.25, -0.2) is 8.98 Å². The first-order chi connectivity index (χ1) is 14.2. The molecular weight excluding hydrogens is 454 g/mol. The van der Waals surface area contributed by atoms with Crippen molar-refractivity contribution < 1.29 is 71.6 Å². The fraction of sp³-hybridized carbons (Fsp3) is 0.857. The van der Waals surface area contributed by atoms with Gasteiger partial charge < -0.3 is 50.2 Å². The van der Waals surface area contributed by atoms with Crippen LogP contribution >= 0.6 is 0 Å². The van der Waals surface area contributed by atoms with Gasteiger partial charge in [0.25, 0.3) is 0 Å². The molecule has 0 bridgehead atoms. The highest BCUT2D eigenvalue weighted by Gasteiger charge is 2.52. The highest BCUT2D eigenvalue weighted by Crippen LogP contribution is 2.29. The molecule has 2 heterocycles. The van der Waals surface area contributed by atoms with Gasteiger partial charge in [-0.1, -0.05) is 0 Å². The molecule has 1 amide bonds. The molecule has 2 aliphatic rings. The molecule has 0 saturated carbocycles. The van der Waals surface area contributed by atoms with Gasteiger partial charge in [0.05, 0.1) is 6.61 Å². The van der Waals surface area contributed by atoms with E-state index >= 15 is 0 Å². The Labute approximate surface area is 174 Å². The van der Waals surface area contributed by atoms with E-state index in [1.54, 1.807) is 0 Å². The summed E-state index contributed by atoms with van der Waals surface area (Å²) in [6.07, 6.45) is -17.3. The predicted molar refractivity (Wildman–Crippen MR) is 91.2 cm³/mol. The van der Waals surface area contributed by atoms with Crippen molar-refractivity contribution in [3.05, 3.63) is 0 Å². The number of ether oxygens (including phenoxy) is 3. The second-order valence-electron chi connectivity index (χ2n) is 6.83. The molecule has 8 N–H and O–H groups in total. The lowest BCUT2D eigenvalue weighted by molar-refractivity contribution is -0.336. The van der Waals surface area contributed by atoms with Crippen molar-refractivity contribution in [3.8, 4) is 0 Å². The molecule has 180 valence electrons. The lowest BCUT2D eigenvalue weighted by Crippen LogP contribution is -2.68. The lowest BCUT2D eigenvalue weighted by Gasteiger charge is -2.46. The van der Waals surface area contributed by atoms with E-state index in [0.29, 0.717) is 0 Å². The first kappa shape index (κ1) is 25.7. The summed E-state index contributed by atoms with van der Waals surface area (Å²) in [5, 5.41) is 61.6. The molecule has 16 nitrogen and oxygen atoms in total. The van der Waals surface area contributed by atoms with Crippen molar-refractivity contribution in [3.63, 3.8) is 0 Å². The van der Waals surface area contributed by atoms with Gasteiger partial charge in [-0.15, -0.1) is 0 Å². The van der Waals surface area contributed by atoms with Gasteiger partial charge in [-0.05, 0) is 0 Å². The number of aliphatic carboxylic acids is 1. The minimum absolute atomic E-state index is 0.731. The zero-order chi connectivity index (χ0) is 23.7. The summed E-state index contributed by atoms with van der Waals surface area (Å²) in [7, 11) is -4.95. The molecule has 0 aromatic carbocycles. The molecule has 31 heavy (non-hydrogen) atoms. The summed E-state index contributed by atoms with van der Waals surface area (Å²) >= 11 is 0. The standard InChI is InChI=1S/C14H23NO15S/c1-3(16)15-5-10(6(17)4(28-13(5)23)2-27-31(24,25)26)29-14-9(20)7(18)8(19)11(30-14)12(21)22/h4-11,13-14,17-20,23H,2H2,1H3,(H,15,16)(H,21,22)(H,24,25,26)/t4-,5-,6-,7+,8+,9-,10-,11+,13?,14-/m1/s1. The fourth-order valence-electron chi connectivity index (χ4n) is 3.09. The van der Waals surface area contributed by atoms with Crippen molar-refractivity contribution in [1.29, 1.82) is 0 Å². The topological polar surface area (TPSA) is 259 Å². The van der Waals surface area contributed by atoms with Crippen LogP contribution in [0.2, 0.25) is 0 Å².